The predicted molar refractivity (Wildman–Crippen MR) is 90.6 cm³/mol. The summed E-state index contributed by atoms with van der Waals surface area (Å²) in [6.45, 7) is 0. The Morgan fingerprint density at radius 1 is 1.12 bits per heavy atom. The molecule has 1 amide bonds. The van der Waals surface area contributed by atoms with Crippen LogP contribution in [0.25, 0.3) is 0 Å². The Kier molecular flexibility index (Phi) is 3.28. The number of carbonyl (C=O) groups excluding carboxylic acids is 1. The van der Waals surface area contributed by atoms with E-state index in [2.05, 4.69) is 0 Å². The van der Waals surface area contributed by atoms with Gasteiger partial charge in [-0.2, -0.15) is 0 Å². The minimum atomic E-state index is -0.347. The SMILES string of the molecule is CN(C)C(=O)C12C[C@H]3C[C@@H](C1)CC(c1ccc([N+](=O)[O-])cc1)(C3)C2. The molecule has 4 saturated carbocycles. The van der Waals surface area contributed by atoms with E-state index in [-0.39, 0.29) is 27.3 Å². The molecule has 1 aromatic rings. The molecule has 5 rings (SSSR count). The second-order valence-corrected chi connectivity index (χ2v) is 8.53. The van der Waals surface area contributed by atoms with Crippen molar-refractivity contribution in [3.05, 3.63) is 39.9 Å². The maximum Gasteiger partial charge on any atom is 0.269 e. The van der Waals surface area contributed by atoms with Crippen LogP contribution in [-0.2, 0) is 10.2 Å². The minimum Gasteiger partial charge on any atom is -0.348 e. The highest BCUT2D eigenvalue weighted by Gasteiger charge is 2.61. The van der Waals surface area contributed by atoms with Crippen LogP contribution >= 0.6 is 0 Å². The normalized spacial score (nSPS) is 36.6. The molecular formula is C19H24N2O3. The zero-order chi connectivity index (χ0) is 17.1. The van der Waals surface area contributed by atoms with Crippen molar-refractivity contribution in [3.8, 4) is 0 Å². The average molecular weight is 328 g/mol. The highest BCUT2D eigenvalue weighted by atomic mass is 16.6. The van der Waals surface area contributed by atoms with Crippen molar-refractivity contribution in [3.63, 3.8) is 0 Å². The van der Waals surface area contributed by atoms with Crippen LogP contribution in [0, 0.1) is 27.4 Å². The zero-order valence-corrected chi connectivity index (χ0v) is 14.3. The molecule has 24 heavy (non-hydrogen) atoms. The van der Waals surface area contributed by atoms with Crippen molar-refractivity contribution in [1.29, 1.82) is 0 Å². The number of benzene rings is 1. The van der Waals surface area contributed by atoms with Crippen LogP contribution in [0.15, 0.2) is 24.3 Å². The summed E-state index contributed by atoms with van der Waals surface area (Å²) in [6, 6.07) is 7.10. The van der Waals surface area contributed by atoms with E-state index in [1.807, 2.05) is 26.2 Å². The van der Waals surface area contributed by atoms with Crippen LogP contribution in [0.4, 0.5) is 5.69 Å². The Labute approximate surface area is 142 Å². The lowest BCUT2D eigenvalue weighted by atomic mass is 9.42. The number of nitrogens with zero attached hydrogens (tertiary/aromatic N) is 2. The van der Waals surface area contributed by atoms with Gasteiger partial charge in [-0.05, 0) is 61.3 Å². The molecule has 128 valence electrons. The molecule has 4 bridgehead atoms. The van der Waals surface area contributed by atoms with Gasteiger partial charge < -0.3 is 4.90 Å². The van der Waals surface area contributed by atoms with E-state index in [4.69, 9.17) is 0 Å². The van der Waals surface area contributed by atoms with Crippen molar-refractivity contribution < 1.29 is 9.72 Å². The fraction of sp³-hybridized carbons (Fsp3) is 0.632. The van der Waals surface area contributed by atoms with E-state index in [1.165, 1.54) is 12.0 Å². The fourth-order valence-corrected chi connectivity index (χ4v) is 6.26. The van der Waals surface area contributed by atoms with Gasteiger partial charge >= 0.3 is 0 Å². The summed E-state index contributed by atoms with van der Waals surface area (Å²) in [5.41, 5.74) is 1.15. The third-order valence-electron chi connectivity index (χ3n) is 6.61. The quantitative estimate of drug-likeness (QED) is 0.630. The molecule has 0 radical (unpaired) electrons. The van der Waals surface area contributed by atoms with Crippen LogP contribution < -0.4 is 0 Å². The van der Waals surface area contributed by atoms with Gasteiger partial charge in [0.25, 0.3) is 5.69 Å². The number of rotatable bonds is 3. The number of nitro benzene ring substituents is 1. The molecule has 1 aromatic carbocycles. The number of carbonyl (C=O) groups is 1. The van der Waals surface area contributed by atoms with Gasteiger partial charge in [0.1, 0.15) is 0 Å². The van der Waals surface area contributed by atoms with Gasteiger partial charge in [-0.15, -0.1) is 0 Å². The smallest absolute Gasteiger partial charge is 0.269 e. The molecule has 5 heteroatoms. The number of amides is 1. The van der Waals surface area contributed by atoms with Crippen molar-refractivity contribution in [1.82, 2.24) is 4.90 Å². The monoisotopic (exact) mass is 328 g/mol. The summed E-state index contributed by atoms with van der Waals surface area (Å²) in [4.78, 5) is 25.3. The standard InChI is InChI=1S/C19H24N2O3/c1-20(2)17(22)19-10-13-7-14(11-19)9-18(8-13,12-19)15-3-5-16(6-4-15)21(23)24/h3-6,13-14H,7-12H2,1-2H3/t13-,14+,18?,19?. The molecule has 0 N–H and O–H groups in total. The van der Waals surface area contributed by atoms with Gasteiger partial charge in [0.15, 0.2) is 0 Å². The Hall–Kier alpha value is -1.91. The van der Waals surface area contributed by atoms with Gasteiger partial charge in [-0.1, -0.05) is 12.1 Å². The molecule has 0 spiro atoms. The number of hydrogen-bond acceptors (Lipinski definition) is 3. The first kappa shape index (κ1) is 15.6. The zero-order valence-electron chi connectivity index (χ0n) is 14.3. The van der Waals surface area contributed by atoms with E-state index in [9.17, 15) is 14.9 Å². The molecular weight excluding hydrogens is 304 g/mol. The highest BCUT2D eigenvalue weighted by Crippen LogP contribution is 2.66. The Balaban J connectivity index is 1.73. The molecule has 4 aliphatic rings. The van der Waals surface area contributed by atoms with Gasteiger partial charge in [0.05, 0.1) is 10.3 Å². The molecule has 4 aliphatic carbocycles. The molecule has 0 heterocycles. The summed E-state index contributed by atoms with van der Waals surface area (Å²) < 4.78 is 0. The first-order valence-corrected chi connectivity index (χ1v) is 8.80. The summed E-state index contributed by atoms with van der Waals surface area (Å²) in [7, 11) is 3.72. The average Bonchev–Trinajstić information content (AvgIpc) is 2.53. The molecule has 0 saturated heterocycles. The molecule has 2 unspecified atom stereocenters. The van der Waals surface area contributed by atoms with Gasteiger partial charge in [-0.25, -0.2) is 0 Å². The maximum atomic E-state index is 13.0. The highest BCUT2D eigenvalue weighted by molar-refractivity contribution is 5.83. The van der Waals surface area contributed by atoms with Crippen molar-refractivity contribution >= 4 is 11.6 Å². The van der Waals surface area contributed by atoms with Crippen LogP contribution in [-0.4, -0.2) is 29.8 Å². The lowest BCUT2D eigenvalue weighted by Crippen LogP contribution is -2.58. The number of nitro groups is 1. The third kappa shape index (κ3) is 2.17. The second kappa shape index (κ2) is 5.04. The number of hydrogen-bond donors (Lipinski definition) is 0. The lowest BCUT2D eigenvalue weighted by molar-refractivity contribution is -0.384. The minimum absolute atomic E-state index is 0.0326. The van der Waals surface area contributed by atoms with Gasteiger partial charge in [0, 0.05) is 26.2 Å². The summed E-state index contributed by atoms with van der Waals surface area (Å²) >= 11 is 0. The molecule has 0 aliphatic heterocycles. The molecule has 4 atom stereocenters. The number of non-ortho nitro benzene ring substituents is 1. The Morgan fingerprint density at radius 2 is 1.71 bits per heavy atom. The predicted octanol–water partition coefficient (Wildman–Crippen LogP) is 3.52. The van der Waals surface area contributed by atoms with Crippen molar-refractivity contribution in [2.45, 2.75) is 43.9 Å². The topological polar surface area (TPSA) is 63.5 Å². The Bertz CT molecular complexity index is 681. The first-order valence-electron chi connectivity index (χ1n) is 8.80. The Morgan fingerprint density at radius 3 is 2.21 bits per heavy atom. The van der Waals surface area contributed by atoms with E-state index in [0.717, 1.165) is 32.1 Å². The molecule has 0 aromatic heterocycles. The lowest BCUT2D eigenvalue weighted by Gasteiger charge is -2.62. The van der Waals surface area contributed by atoms with E-state index >= 15 is 0 Å². The van der Waals surface area contributed by atoms with Crippen molar-refractivity contribution in [2.75, 3.05) is 14.1 Å². The summed E-state index contributed by atoms with van der Waals surface area (Å²) in [6.07, 6.45) is 6.46. The maximum absolute atomic E-state index is 13.0. The third-order valence-corrected chi connectivity index (χ3v) is 6.61. The van der Waals surface area contributed by atoms with Gasteiger partial charge in [-0.3, -0.25) is 14.9 Å². The summed E-state index contributed by atoms with van der Waals surface area (Å²) in [5.74, 6) is 1.51. The van der Waals surface area contributed by atoms with E-state index in [0.29, 0.717) is 11.8 Å². The second-order valence-electron chi connectivity index (χ2n) is 8.53. The largest absolute Gasteiger partial charge is 0.348 e. The molecule has 5 nitrogen and oxygen atoms in total. The van der Waals surface area contributed by atoms with E-state index in [1.54, 1.807) is 17.0 Å². The van der Waals surface area contributed by atoms with Gasteiger partial charge in [0.2, 0.25) is 5.91 Å². The fourth-order valence-electron chi connectivity index (χ4n) is 6.26. The van der Waals surface area contributed by atoms with Crippen LogP contribution in [0.2, 0.25) is 0 Å². The molecule has 4 fully saturated rings. The van der Waals surface area contributed by atoms with E-state index < -0.39 is 0 Å². The summed E-state index contributed by atoms with van der Waals surface area (Å²) in [5, 5.41) is 10.9. The van der Waals surface area contributed by atoms with Crippen LogP contribution in [0.5, 0.6) is 0 Å². The van der Waals surface area contributed by atoms with Crippen LogP contribution in [0.1, 0.15) is 44.1 Å². The first-order chi connectivity index (χ1) is 11.3. The van der Waals surface area contributed by atoms with Crippen molar-refractivity contribution in [2.24, 2.45) is 17.3 Å². The van der Waals surface area contributed by atoms with Crippen LogP contribution in [0.3, 0.4) is 0 Å².